The van der Waals surface area contributed by atoms with E-state index >= 15 is 0 Å². The molecule has 0 saturated heterocycles. The van der Waals surface area contributed by atoms with E-state index in [2.05, 4.69) is 114 Å². The Morgan fingerprint density at radius 1 is 0.273 bits per heavy atom. The van der Waals surface area contributed by atoms with Crippen LogP contribution in [0.3, 0.4) is 0 Å². The number of rotatable bonds is 18. The Morgan fingerprint density at radius 3 is 0.773 bits per heavy atom. The number of aryl methyl sites for hydroxylation is 14. The molecule has 0 aliphatic carbocycles. The van der Waals surface area contributed by atoms with Crippen LogP contribution in [0.1, 0.15) is 94.2 Å². The van der Waals surface area contributed by atoms with Gasteiger partial charge in [0.15, 0.2) is 46.1 Å². The molecule has 556 valence electrons. The number of benzene rings is 8. The van der Waals surface area contributed by atoms with E-state index in [0.29, 0.717) is 64.7 Å². The van der Waals surface area contributed by atoms with E-state index in [4.69, 9.17) is 23.2 Å². The lowest BCUT2D eigenvalue weighted by atomic mass is 10.1. The van der Waals surface area contributed by atoms with Gasteiger partial charge in [-0.15, -0.1) is 0 Å². The number of fused-ring (bicyclic) bond motifs is 8. The molecule has 8 aromatic rings. The highest BCUT2D eigenvalue weighted by Gasteiger charge is 2.24. The summed E-state index contributed by atoms with van der Waals surface area (Å²) in [6.45, 7) is 14.4. The summed E-state index contributed by atoms with van der Waals surface area (Å²) in [5, 5.41) is 1.21. The van der Waals surface area contributed by atoms with Gasteiger partial charge in [0.1, 0.15) is 0 Å². The first-order valence-electron chi connectivity index (χ1n) is 36.3. The lowest BCUT2D eigenvalue weighted by Gasteiger charge is -2.17. The average molecular weight is 1510 g/mol. The Balaban J connectivity index is 0.000000129. The number of hydrogen-bond donors (Lipinski definition) is 4. The van der Waals surface area contributed by atoms with Crippen LogP contribution in [-0.2, 0) is 51.9 Å². The maximum atomic E-state index is 12.3. The van der Waals surface area contributed by atoms with Gasteiger partial charge in [-0.3, -0.25) is 39.1 Å². The van der Waals surface area contributed by atoms with Crippen molar-refractivity contribution in [2.75, 3.05) is 0 Å². The van der Waals surface area contributed by atoms with Gasteiger partial charge in [-0.05, 0) is 210 Å². The van der Waals surface area contributed by atoms with Crippen molar-refractivity contribution >= 4 is 67.3 Å². The predicted octanol–water partition coefficient (Wildman–Crippen LogP) is 12.8. The molecule has 0 fully saturated rings. The van der Waals surface area contributed by atoms with Gasteiger partial charge in [-0.25, -0.2) is 39.1 Å². The van der Waals surface area contributed by atoms with Crippen LogP contribution in [0.5, 0.6) is 0 Å². The summed E-state index contributed by atoms with van der Waals surface area (Å²) in [6.07, 6.45) is 9.13. The number of halogens is 2. The molecule has 0 unspecified atom stereocenters. The number of aromatic amines is 4. The molecule has 8 aliphatic heterocycles. The highest BCUT2D eigenvalue weighted by atomic mass is 35.5. The zero-order valence-electron chi connectivity index (χ0n) is 61.5. The molecule has 0 atom stereocenters. The lowest BCUT2D eigenvalue weighted by Crippen LogP contribution is -2.29. The maximum absolute atomic E-state index is 12.3. The van der Waals surface area contributed by atoms with Gasteiger partial charge in [-0.1, -0.05) is 145 Å². The van der Waals surface area contributed by atoms with E-state index in [9.17, 15) is 38.4 Å². The Kier molecular flexibility index (Phi) is 23.2. The monoisotopic (exact) mass is 1510 g/mol. The van der Waals surface area contributed by atoms with Crippen molar-refractivity contribution in [1.82, 2.24) is 78.1 Å². The van der Waals surface area contributed by atoms with Crippen LogP contribution in [0.15, 0.2) is 208 Å². The van der Waals surface area contributed by atoms with Crippen LogP contribution >= 0.6 is 23.2 Å². The van der Waals surface area contributed by atoms with Crippen molar-refractivity contribution in [2.24, 2.45) is 0 Å². The van der Waals surface area contributed by atoms with E-state index in [1.165, 1.54) is 22.3 Å². The summed E-state index contributed by atoms with van der Waals surface area (Å²) in [5.74, 6) is 1.27. The molecule has 0 amide bonds. The Morgan fingerprint density at radius 2 is 0.500 bits per heavy atom. The van der Waals surface area contributed by atoms with Gasteiger partial charge in [-0.2, -0.15) is 19.9 Å². The van der Waals surface area contributed by atoms with E-state index < -0.39 is 45.0 Å². The zero-order chi connectivity index (χ0) is 77.3. The van der Waals surface area contributed by atoms with E-state index in [0.717, 1.165) is 131 Å². The molecule has 8 aromatic carbocycles. The summed E-state index contributed by atoms with van der Waals surface area (Å²) in [7, 11) is 0. The highest BCUT2D eigenvalue weighted by molar-refractivity contribution is 6.32. The van der Waals surface area contributed by atoms with Gasteiger partial charge in [0.25, 0.3) is 22.2 Å². The highest BCUT2D eigenvalue weighted by Crippen LogP contribution is 2.31. The second-order valence-electron chi connectivity index (χ2n) is 27.3. The molecule has 0 bridgehead atoms. The predicted molar refractivity (Wildman–Crippen MR) is 431 cm³/mol. The second kappa shape index (κ2) is 33.7. The number of H-pyrrole nitrogens is 4. The first-order valence-corrected chi connectivity index (χ1v) is 37.1. The van der Waals surface area contributed by atoms with Crippen LogP contribution in [0.4, 0.5) is 0 Å². The number of nitrogens with one attached hydrogen (secondary N) is 4. The fourth-order valence-corrected chi connectivity index (χ4v) is 13.8. The van der Waals surface area contributed by atoms with E-state index in [1.54, 1.807) is 0 Å². The van der Waals surface area contributed by atoms with Crippen LogP contribution < -0.4 is 45.0 Å². The van der Waals surface area contributed by atoms with Gasteiger partial charge < -0.3 is 18.3 Å². The van der Waals surface area contributed by atoms with Crippen molar-refractivity contribution in [1.29, 1.82) is 0 Å². The molecule has 26 heteroatoms. The van der Waals surface area contributed by atoms with Gasteiger partial charge in [0, 0.05) is 36.2 Å². The molecule has 24 nitrogen and oxygen atoms in total. The standard InChI is InChI=1S/C22H22N4O2.C21H19ClN4O2.C21H20N4O2.C20H17ClN4O2/c1-14-12-17-18(13-15(14)2)26(11-7-6-10-16-8-4-3-5-9-16)20-19(23-17)21(27)25-22(28)24-20;1-13-11-16-17(12-15(13)22)26(10-6-5-9-14-7-3-2-4-8-14)19-18(23-16)20(27)25-21(28)24-19;1-13-11-16-17(12-14(13)2)25(10-6-9-15-7-4-3-5-8-15)19-18(22-16)20(26)24-21(27)23-19;1-12-10-15-16(11-14(12)21)25(9-5-8-13-6-3-2-4-7-13)18-17(22-15)19(26)24-20(27)23-18/h3-5,8-9,12-13H,6-7,10-11H2,1-2H3,(H,25,27,28);2-4,7-8,11-12H,5-6,9-10H2,1H3,(H,25,27,28);3-5,7-8,11-12H,6,9-10H2,1-2H3,(H,24,26,27);2-4,6-7,10-11H,5,8-9H2,1H3,(H,24,26,27). The quantitative estimate of drug-likeness (QED) is 0.0458. The summed E-state index contributed by atoms with van der Waals surface area (Å²) in [6, 6.07) is 56.4. The van der Waals surface area contributed by atoms with Gasteiger partial charge >= 0.3 is 22.8 Å². The van der Waals surface area contributed by atoms with Crippen LogP contribution in [0.2, 0.25) is 10.0 Å². The summed E-state index contributed by atoms with van der Waals surface area (Å²) < 4.78 is 7.66. The minimum atomic E-state index is -0.677. The summed E-state index contributed by atoms with van der Waals surface area (Å²) in [5.41, 5.74) is 13.4. The fraction of sp³-hybridized carbons (Fsp3) is 0.238. The second-order valence-corrected chi connectivity index (χ2v) is 28.1. The van der Waals surface area contributed by atoms with Crippen molar-refractivity contribution in [2.45, 2.75) is 132 Å². The molecule has 8 aliphatic rings. The van der Waals surface area contributed by atoms with Crippen LogP contribution in [0, 0.1) is 41.5 Å². The average Bonchev–Trinajstić information content (AvgIpc) is 0.775. The third-order valence-corrected chi connectivity index (χ3v) is 20.3. The smallest absolute Gasteiger partial charge is 0.322 e. The summed E-state index contributed by atoms with van der Waals surface area (Å²) >= 11 is 12.6. The largest absolute Gasteiger partial charge is 0.349 e. The molecule has 0 spiro atoms. The molecule has 0 saturated carbocycles. The van der Waals surface area contributed by atoms with Crippen molar-refractivity contribution < 1.29 is 0 Å². The third-order valence-electron chi connectivity index (χ3n) is 19.5. The SMILES string of the molecule is Cc1cc2nc3c(=O)[nH]c(=O)nc-3n(CCCCc3ccccc3)c2cc1C.Cc1cc2nc3c(=O)[nH]c(=O)nc-3n(CCCCc3ccccc3)c2cc1Cl.Cc1cc2nc3c(=O)[nH]c(=O)nc-3n(CCCc3ccccc3)c2cc1C.Cc1cc2nc3c(=O)[nH]c(=O)nc-3n(CCCc3ccccc3)c2cc1Cl. The van der Waals surface area contributed by atoms with Crippen molar-refractivity contribution in [3.8, 4) is 46.1 Å². The maximum Gasteiger partial charge on any atom is 0.349 e. The number of aromatic nitrogens is 16. The molecule has 0 radical (unpaired) electrons. The molecule has 110 heavy (non-hydrogen) atoms. The first-order chi connectivity index (χ1) is 53.1. The third kappa shape index (κ3) is 17.4. The molecule has 16 rings (SSSR count). The van der Waals surface area contributed by atoms with Gasteiger partial charge in [0.05, 0.1) is 44.1 Å². The topological polar surface area (TPSA) is 323 Å². The number of hydrogen-bond acceptors (Lipinski definition) is 16. The van der Waals surface area contributed by atoms with Crippen LogP contribution in [-0.4, -0.2) is 78.1 Å². The first kappa shape index (κ1) is 75.7. The Bertz CT molecular complexity index is 6050. The Hall–Kier alpha value is -12.5. The summed E-state index contributed by atoms with van der Waals surface area (Å²) in [4.78, 5) is 139. The van der Waals surface area contributed by atoms with E-state index in [-0.39, 0.29) is 28.6 Å². The van der Waals surface area contributed by atoms with Gasteiger partial charge in [0.2, 0.25) is 0 Å². The molecular formula is C84H78Cl2N16O8. The van der Waals surface area contributed by atoms with E-state index in [1.807, 2.05) is 175 Å². The minimum absolute atomic E-state index is 0.156. The Labute approximate surface area is 638 Å². The number of nitrogens with zero attached hydrogens (tertiary/aromatic N) is 12. The zero-order valence-corrected chi connectivity index (χ0v) is 63.0. The minimum Gasteiger partial charge on any atom is -0.322 e. The molecule has 0 aromatic heterocycles. The lowest BCUT2D eigenvalue weighted by molar-refractivity contribution is 0.615. The molecule has 8 heterocycles. The molecular weight excluding hydrogens is 1430 g/mol. The molecule has 4 N–H and O–H groups in total. The van der Waals surface area contributed by atoms with Crippen LogP contribution in [0.25, 0.3) is 90.2 Å². The fourth-order valence-electron chi connectivity index (χ4n) is 13.5. The normalized spacial score (nSPS) is 11.3. The number of unbranched alkanes of at least 4 members (excludes halogenated alkanes) is 2. The van der Waals surface area contributed by atoms with Crippen molar-refractivity contribution in [3.63, 3.8) is 0 Å². The van der Waals surface area contributed by atoms with Crippen molar-refractivity contribution in [3.05, 3.63) is 319 Å².